The van der Waals surface area contributed by atoms with E-state index >= 15 is 0 Å². The average molecular weight is 212 g/mol. The fourth-order valence-electron chi connectivity index (χ4n) is 2.03. The molecule has 0 unspecified atom stereocenters. The van der Waals surface area contributed by atoms with Crippen LogP contribution in [0.25, 0.3) is 0 Å². The lowest BCUT2D eigenvalue weighted by molar-refractivity contribution is -0.120. The first-order valence-corrected chi connectivity index (χ1v) is 6.22. The molecule has 0 radical (unpaired) electrons. The molecule has 1 rings (SSSR count). The van der Waals surface area contributed by atoms with Gasteiger partial charge in [0.1, 0.15) is 0 Å². The summed E-state index contributed by atoms with van der Waals surface area (Å²) in [5.41, 5.74) is 0. The summed E-state index contributed by atoms with van der Waals surface area (Å²) in [5, 5.41) is 6.22. The summed E-state index contributed by atoms with van der Waals surface area (Å²) in [6.07, 6.45) is 6.06. The van der Waals surface area contributed by atoms with Crippen molar-refractivity contribution in [1.29, 1.82) is 0 Å². The predicted molar refractivity (Wildman–Crippen MR) is 62.7 cm³/mol. The molecule has 0 aliphatic heterocycles. The minimum absolute atomic E-state index is 0.135. The van der Waals surface area contributed by atoms with Gasteiger partial charge in [-0.3, -0.25) is 4.79 Å². The molecule has 15 heavy (non-hydrogen) atoms. The van der Waals surface area contributed by atoms with Gasteiger partial charge < -0.3 is 10.6 Å². The topological polar surface area (TPSA) is 41.1 Å². The summed E-state index contributed by atoms with van der Waals surface area (Å²) >= 11 is 0. The SMILES string of the molecule is CCCNC(=O)CNC1CCC(C)CC1. The Morgan fingerprint density at radius 1 is 1.27 bits per heavy atom. The van der Waals surface area contributed by atoms with E-state index in [0.717, 1.165) is 18.9 Å². The van der Waals surface area contributed by atoms with Crippen LogP contribution >= 0.6 is 0 Å². The first kappa shape index (κ1) is 12.5. The molecule has 0 atom stereocenters. The lowest BCUT2D eigenvalue weighted by Gasteiger charge is -2.26. The lowest BCUT2D eigenvalue weighted by Crippen LogP contribution is -2.40. The zero-order valence-corrected chi connectivity index (χ0v) is 10.0. The molecule has 0 heterocycles. The maximum Gasteiger partial charge on any atom is 0.233 e. The summed E-state index contributed by atoms with van der Waals surface area (Å²) in [6.45, 7) is 5.65. The number of hydrogen-bond acceptors (Lipinski definition) is 2. The van der Waals surface area contributed by atoms with E-state index in [1.54, 1.807) is 0 Å². The number of carbonyl (C=O) groups excluding carboxylic acids is 1. The molecule has 0 saturated heterocycles. The van der Waals surface area contributed by atoms with Crippen molar-refractivity contribution in [1.82, 2.24) is 10.6 Å². The van der Waals surface area contributed by atoms with Crippen molar-refractivity contribution < 1.29 is 4.79 Å². The standard InChI is InChI=1S/C12H24N2O/c1-3-8-13-12(15)9-14-11-6-4-10(2)5-7-11/h10-11,14H,3-9H2,1-2H3,(H,13,15). The Morgan fingerprint density at radius 3 is 2.53 bits per heavy atom. The van der Waals surface area contributed by atoms with E-state index in [1.807, 2.05) is 0 Å². The van der Waals surface area contributed by atoms with Crippen LogP contribution in [-0.4, -0.2) is 25.0 Å². The zero-order valence-electron chi connectivity index (χ0n) is 10.0. The molecule has 1 amide bonds. The maximum absolute atomic E-state index is 11.3. The van der Waals surface area contributed by atoms with Crippen molar-refractivity contribution in [2.75, 3.05) is 13.1 Å². The fourth-order valence-corrected chi connectivity index (χ4v) is 2.03. The van der Waals surface area contributed by atoms with Gasteiger partial charge in [-0.15, -0.1) is 0 Å². The quantitative estimate of drug-likeness (QED) is 0.728. The third kappa shape index (κ3) is 5.17. The van der Waals surface area contributed by atoms with Gasteiger partial charge in [0, 0.05) is 12.6 Å². The van der Waals surface area contributed by atoms with Crippen LogP contribution in [-0.2, 0) is 4.79 Å². The van der Waals surface area contributed by atoms with E-state index in [9.17, 15) is 4.79 Å². The van der Waals surface area contributed by atoms with Crippen molar-refractivity contribution >= 4 is 5.91 Å². The van der Waals surface area contributed by atoms with Crippen LogP contribution in [0.15, 0.2) is 0 Å². The third-order valence-electron chi connectivity index (χ3n) is 3.14. The van der Waals surface area contributed by atoms with Crippen LogP contribution < -0.4 is 10.6 Å². The number of carbonyl (C=O) groups is 1. The summed E-state index contributed by atoms with van der Waals surface area (Å²) in [5.74, 6) is 1.01. The van der Waals surface area contributed by atoms with E-state index < -0.39 is 0 Å². The molecule has 0 aromatic rings. The van der Waals surface area contributed by atoms with E-state index in [2.05, 4.69) is 24.5 Å². The molecule has 2 N–H and O–H groups in total. The van der Waals surface area contributed by atoms with Gasteiger partial charge in [0.2, 0.25) is 5.91 Å². The van der Waals surface area contributed by atoms with Crippen molar-refractivity contribution in [2.24, 2.45) is 5.92 Å². The summed E-state index contributed by atoms with van der Waals surface area (Å²) in [7, 11) is 0. The highest BCUT2D eigenvalue weighted by Crippen LogP contribution is 2.23. The van der Waals surface area contributed by atoms with E-state index in [4.69, 9.17) is 0 Å². The number of hydrogen-bond donors (Lipinski definition) is 2. The van der Waals surface area contributed by atoms with Gasteiger partial charge in [0.15, 0.2) is 0 Å². The molecular formula is C12H24N2O. The Labute approximate surface area is 93.0 Å². The molecule has 1 aliphatic carbocycles. The highest BCUT2D eigenvalue weighted by Gasteiger charge is 2.17. The summed E-state index contributed by atoms with van der Waals surface area (Å²) < 4.78 is 0. The van der Waals surface area contributed by atoms with Crippen molar-refractivity contribution in [3.63, 3.8) is 0 Å². The molecule has 3 nitrogen and oxygen atoms in total. The second-order valence-electron chi connectivity index (χ2n) is 4.69. The van der Waals surface area contributed by atoms with Gasteiger partial charge in [-0.05, 0) is 38.0 Å². The lowest BCUT2D eigenvalue weighted by atomic mass is 9.87. The maximum atomic E-state index is 11.3. The smallest absolute Gasteiger partial charge is 0.233 e. The van der Waals surface area contributed by atoms with Gasteiger partial charge in [0.05, 0.1) is 6.54 Å². The predicted octanol–water partition coefficient (Wildman–Crippen LogP) is 1.68. The second kappa shape index (κ2) is 6.83. The first-order chi connectivity index (χ1) is 7.22. The monoisotopic (exact) mass is 212 g/mol. The van der Waals surface area contributed by atoms with Gasteiger partial charge in [-0.1, -0.05) is 13.8 Å². The third-order valence-corrected chi connectivity index (χ3v) is 3.14. The fraction of sp³-hybridized carbons (Fsp3) is 0.917. The van der Waals surface area contributed by atoms with Gasteiger partial charge in [-0.2, -0.15) is 0 Å². The number of nitrogens with one attached hydrogen (secondary N) is 2. The molecule has 0 aromatic heterocycles. The van der Waals surface area contributed by atoms with Crippen molar-refractivity contribution in [2.45, 2.75) is 52.0 Å². The Hall–Kier alpha value is -0.570. The van der Waals surface area contributed by atoms with E-state index in [0.29, 0.717) is 12.6 Å². The highest BCUT2D eigenvalue weighted by molar-refractivity contribution is 5.77. The molecule has 0 aromatic carbocycles. The highest BCUT2D eigenvalue weighted by atomic mass is 16.1. The second-order valence-corrected chi connectivity index (χ2v) is 4.69. The molecule has 3 heteroatoms. The van der Waals surface area contributed by atoms with Gasteiger partial charge >= 0.3 is 0 Å². The molecule has 1 fully saturated rings. The van der Waals surface area contributed by atoms with Crippen LogP contribution in [0.3, 0.4) is 0 Å². The van der Waals surface area contributed by atoms with Crippen LogP contribution in [0, 0.1) is 5.92 Å². The molecule has 1 saturated carbocycles. The Balaban J connectivity index is 2.06. The van der Waals surface area contributed by atoms with Crippen LogP contribution in [0.5, 0.6) is 0 Å². The van der Waals surface area contributed by atoms with Crippen molar-refractivity contribution in [3.8, 4) is 0 Å². The van der Waals surface area contributed by atoms with Gasteiger partial charge in [0.25, 0.3) is 0 Å². The van der Waals surface area contributed by atoms with E-state index in [1.165, 1.54) is 25.7 Å². The van der Waals surface area contributed by atoms with Crippen molar-refractivity contribution in [3.05, 3.63) is 0 Å². The Morgan fingerprint density at radius 2 is 1.93 bits per heavy atom. The van der Waals surface area contributed by atoms with E-state index in [-0.39, 0.29) is 5.91 Å². The number of amides is 1. The largest absolute Gasteiger partial charge is 0.355 e. The van der Waals surface area contributed by atoms with Crippen LogP contribution in [0.2, 0.25) is 0 Å². The normalized spacial score (nSPS) is 26.3. The summed E-state index contributed by atoms with van der Waals surface area (Å²) in [4.78, 5) is 11.3. The van der Waals surface area contributed by atoms with Gasteiger partial charge in [-0.25, -0.2) is 0 Å². The van der Waals surface area contributed by atoms with Crippen LogP contribution in [0.4, 0.5) is 0 Å². The molecule has 0 spiro atoms. The Bertz CT molecular complexity index is 186. The zero-order chi connectivity index (χ0) is 11.1. The van der Waals surface area contributed by atoms with Crippen LogP contribution in [0.1, 0.15) is 46.0 Å². The number of rotatable bonds is 5. The summed E-state index contributed by atoms with van der Waals surface area (Å²) in [6, 6.07) is 0.563. The minimum atomic E-state index is 0.135. The average Bonchev–Trinajstić information content (AvgIpc) is 2.25. The molecule has 0 bridgehead atoms. The minimum Gasteiger partial charge on any atom is -0.355 e. The first-order valence-electron chi connectivity index (χ1n) is 6.22. The molecular weight excluding hydrogens is 188 g/mol. The molecule has 88 valence electrons. The Kier molecular flexibility index (Phi) is 5.69. The molecule has 1 aliphatic rings.